The highest BCUT2D eigenvalue weighted by molar-refractivity contribution is 7.14. The molecule has 0 saturated carbocycles. The molecule has 1 unspecified atom stereocenters. The zero-order valence-corrected chi connectivity index (χ0v) is 13.5. The molecule has 2 heterocycles. The van der Waals surface area contributed by atoms with Crippen molar-refractivity contribution in [1.82, 2.24) is 10.3 Å². The Labute approximate surface area is 130 Å². The van der Waals surface area contributed by atoms with Crippen LogP contribution in [-0.4, -0.2) is 23.5 Å². The quantitative estimate of drug-likeness (QED) is 0.817. The number of nitrogens with one attached hydrogen (secondary N) is 2. The summed E-state index contributed by atoms with van der Waals surface area (Å²) in [5.74, 6) is 0.0302. The van der Waals surface area contributed by atoms with Gasteiger partial charge in [0.1, 0.15) is 0 Å². The predicted molar refractivity (Wildman–Crippen MR) is 89.5 cm³/mol. The minimum atomic E-state index is -0.0766. The fourth-order valence-corrected chi connectivity index (χ4v) is 3.11. The van der Waals surface area contributed by atoms with Gasteiger partial charge in [0.05, 0.1) is 11.7 Å². The Morgan fingerprint density at radius 1 is 1.57 bits per heavy atom. The average molecular weight is 305 g/mol. The molecule has 0 bridgehead atoms. The van der Waals surface area contributed by atoms with Crippen molar-refractivity contribution in [3.05, 3.63) is 29.3 Å². The number of hydrogen-bond acceptors (Lipinski definition) is 4. The summed E-state index contributed by atoms with van der Waals surface area (Å²) in [6, 6.07) is -0.0766. The van der Waals surface area contributed by atoms with Gasteiger partial charge in [0.15, 0.2) is 5.13 Å². The third-order valence-corrected chi connectivity index (χ3v) is 4.18. The van der Waals surface area contributed by atoms with Gasteiger partial charge < -0.3 is 10.6 Å². The van der Waals surface area contributed by atoms with Crippen LogP contribution < -0.4 is 10.6 Å². The summed E-state index contributed by atoms with van der Waals surface area (Å²) >= 11 is 1.48. The number of carbonyl (C=O) groups is 1. The Morgan fingerprint density at radius 2 is 2.43 bits per heavy atom. The van der Waals surface area contributed by atoms with Crippen LogP contribution in [0.15, 0.2) is 23.6 Å². The van der Waals surface area contributed by atoms with Crippen molar-refractivity contribution in [2.24, 2.45) is 0 Å². The van der Waals surface area contributed by atoms with Crippen molar-refractivity contribution >= 4 is 27.9 Å². The SMILES string of the molecule is C/C=C\C(=C/CC)c1csc(NC(=O)C2CCCCN2)n1. The molecule has 1 aromatic heterocycles. The fraction of sp³-hybridized carbons (Fsp3) is 0.500. The largest absolute Gasteiger partial charge is 0.306 e. The molecule has 1 saturated heterocycles. The van der Waals surface area contributed by atoms with Crippen LogP contribution in [0.1, 0.15) is 45.2 Å². The maximum Gasteiger partial charge on any atom is 0.243 e. The van der Waals surface area contributed by atoms with Crippen molar-refractivity contribution in [1.29, 1.82) is 0 Å². The number of allylic oxidation sites excluding steroid dienone is 4. The second-order valence-electron chi connectivity index (χ2n) is 5.10. The summed E-state index contributed by atoms with van der Waals surface area (Å²) < 4.78 is 0. The molecule has 2 N–H and O–H groups in total. The van der Waals surface area contributed by atoms with Crippen molar-refractivity contribution in [3.63, 3.8) is 0 Å². The Hall–Kier alpha value is -1.46. The lowest BCUT2D eigenvalue weighted by Gasteiger charge is -2.21. The summed E-state index contributed by atoms with van der Waals surface area (Å²) in [6.45, 7) is 5.02. The molecule has 0 spiro atoms. The van der Waals surface area contributed by atoms with E-state index in [1.54, 1.807) is 0 Å². The zero-order valence-electron chi connectivity index (χ0n) is 12.7. The lowest BCUT2D eigenvalue weighted by molar-refractivity contribution is -0.118. The summed E-state index contributed by atoms with van der Waals surface area (Å²) in [5, 5.41) is 8.84. The second-order valence-corrected chi connectivity index (χ2v) is 5.96. The van der Waals surface area contributed by atoms with E-state index in [9.17, 15) is 4.79 Å². The predicted octanol–water partition coefficient (Wildman–Crippen LogP) is 3.59. The molecule has 1 aliphatic rings. The van der Waals surface area contributed by atoms with Gasteiger partial charge in [-0.15, -0.1) is 11.3 Å². The van der Waals surface area contributed by atoms with E-state index in [4.69, 9.17) is 0 Å². The van der Waals surface area contributed by atoms with Gasteiger partial charge in [-0.05, 0) is 38.3 Å². The molecule has 1 aliphatic heterocycles. The summed E-state index contributed by atoms with van der Waals surface area (Å²) in [6.07, 6.45) is 10.3. The van der Waals surface area contributed by atoms with Crippen LogP contribution in [0.3, 0.4) is 0 Å². The van der Waals surface area contributed by atoms with Gasteiger partial charge in [-0.2, -0.15) is 0 Å². The molecule has 1 amide bonds. The monoisotopic (exact) mass is 305 g/mol. The number of hydrogen-bond donors (Lipinski definition) is 2. The lowest BCUT2D eigenvalue weighted by Crippen LogP contribution is -2.43. The number of nitrogens with zero attached hydrogens (tertiary/aromatic N) is 1. The maximum atomic E-state index is 12.2. The first kappa shape index (κ1) is 15.9. The molecule has 21 heavy (non-hydrogen) atoms. The zero-order chi connectivity index (χ0) is 15.1. The number of carbonyl (C=O) groups excluding carboxylic acids is 1. The molecular weight excluding hydrogens is 282 g/mol. The Balaban J connectivity index is 2.02. The molecule has 1 atom stereocenters. The lowest BCUT2D eigenvalue weighted by atomic mass is 10.0. The molecule has 0 aromatic carbocycles. The van der Waals surface area contributed by atoms with Crippen LogP contribution >= 0.6 is 11.3 Å². The fourth-order valence-electron chi connectivity index (χ4n) is 2.39. The van der Waals surface area contributed by atoms with Gasteiger partial charge in [-0.3, -0.25) is 4.79 Å². The second kappa shape index (κ2) is 8.10. The molecule has 2 rings (SSSR count). The van der Waals surface area contributed by atoms with Crippen LogP contribution in [0.2, 0.25) is 0 Å². The van der Waals surface area contributed by atoms with Crippen molar-refractivity contribution in [2.75, 3.05) is 11.9 Å². The average Bonchev–Trinajstić information content (AvgIpc) is 2.96. The van der Waals surface area contributed by atoms with Crippen molar-refractivity contribution in [2.45, 2.75) is 45.6 Å². The van der Waals surface area contributed by atoms with E-state index >= 15 is 0 Å². The minimum Gasteiger partial charge on any atom is -0.306 e. The van der Waals surface area contributed by atoms with Gasteiger partial charge in [-0.1, -0.05) is 31.6 Å². The number of rotatable bonds is 5. The molecule has 1 aromatic rings. The van der Waals surface area contributed by atoms with E-state index in [-0.39, 0.29) is 11.9 Å². The first-order chi connectivity index (χ1) is 10.2. The van der Waals surface area contributed by atoms with E-state index in [1.165, 1.54) is 11.3 Å². The first-order valence-electron chi connectivity index (χ1n) is 7.57. The third kappa shape index (κ3) is 4.51. The summed E-state index contributed by atoms with van der Waals surface area (Å²) in [7, 11) is 0. The van der Waals surface area contributed by atoms with Gasteiger partial charge in [0.2, 0.25) is 5.91 Å². The van der Waals surface area contributed by atoms with E-state index in [0.717, 1.165) is 43.5 Å². The van der Waals surface area contributed by atoms with E-state index in [1.807, 2.05) is 24.5 Å². The van der Waals surface area contributed by atoms with Gasteiger partial charge >= 0.3 is 0 Å². The van der Waals surface area contributed by atoms with Crippen LogP contribution in [-0.2, 0) is 4.79 Å². The number of aromatic nitrogens is 1. The van der Waals surface area contributed by atoms with Gasteiger partial charge in [-0.25, -0.2) is 4.98 Å². The Morgan fingerprint density at radius 3 is 3.10 bits per heavy atom. The van der Waals surface area contributed by atoms with Gasteiger partial charge in [0.25, 0.3) is 0 Å². The van der Waals surface area contributed by atoms with Crippen LogP contribution in [0.25, 0.3) is 5.57 Å². The van der Waals surface area contributed by atoms with E-state index < -0.39 is 0 Å². The summed E-state index contributed by atoms with van der Waals surface area (Å²) in [5.41, 5.74) is 2.03. The molecule has 4 nitrogen and oxygen atoms in total. The standard InChI is InChI=1S/C16H23N3OS/c1-3-7-12(8-4-2)14-11-21-16(18-14)19-15(20)13-9-5-6-10-17-13/h3,7-8,11,13,17H,4-6,9-10H2,1-2H3,(H,18,19,20)/b7-3-,12-8+. The molecular formula is C16H23N3OS. The van der Waals surface area contributed by atoms with E-state index in [2.05, 4.69) is 28.6 Å². The smallest absolute Gasteiger partial charge is 0.243 e. The maximum absolute atomic E-state index is 12.2. The first-order valence-corrected chi connectivity index (χ1v) is 8.45. The highest BCUT2D eigenvalue weighted by Crippen LogP contribution is 2.23. The molecule has 0 aliphatic carbocycles. The highest BCUT2D eigenvalue weighted by Gasteiger charge is 2.21. The van der Waals surface area contributed by atoms with Crippen LogP contribution in [0.4, 0.5) is 5.13 Å². The number of piperidine rings is 1. The normalized spacial score (nSPS) is 19.9. The highest BCUT2D eigenvalue weighted by atomic mass is 32.1. The Kier molecular flexibility index (Phi) is 6.14. The topological polar surface area (TPSA) is 54.0 Å². The van der Waals surface area contributed by atoms with Crippen molar-refractivity contribution < 1.29 is 4.79 Å². The Bertz CT molecular complexity index is 527. The molecule has 1 fully saturated rings. The number of thiazole rings is 1. The third-order valence-electron chi connectivity index (χ3n) is 3.43. The van der Waals surface area contributed by atoms with Gasteiger partial charge in [0, 0.05) is 5.38 Å². The molecule has 5 heteroatoms. The number of amides is 1. The molecule has 0 radical (unpaired) electrons. The summed E-state index contributed by atoms with van der Waals surface area (Å²) in [4.78, 5) is 16.7. The minimum absolute atomic E-state index is 0.0302. The van der Waals surface area contributed by atoms with E-state index in [0.29, 0.717) is 5.13 Å². The van der Waals surface area contributed by atoms with Crippen molar-refractivity contribution in [3.8, 4) is 0 Å². The number of anilines is 1. The van der Waals surface area contributed by atoms with Crippen LogP contribution in [0.5, 0.6) is 0 Å². The van der Waals surface area contributed by atoms with Crippen LogP contribution in [0, 0.1) is 0 Å². The molecule has 114 valence electrons.